The number of halogens is 1. The second-order valence-corrected chi connectivity index (χ2v) is 8.96. The van der Waals surface area contributed by atoms with Crippen molar-refractivity contribution in [2.24, 2.45) is 0 Å². The number of fused-ring (bicyclic) bond motifs is 1. The van der Waals surface area contributed by atoms with Crippen LogP contribution >= 0.6 is 11.3 Å². The lowest BCUT2D eigenvalue weighted by molar-refractivity contribution is -0.384. The molecule has 9 nitrogen and oxygen atoms in total. The zero-order valence-corrected chi connectivity index (χ0v) is 19.1. The van der Waals surface area contributed by atoms with Gasteiger partial charge in [0.05, 0.1) is 32.3 Å². The number of benzene rings is 2. The lowest BCUT2D eigenvalue weighted by Crippen LogP contribution is -2.29. The number of aliphatic hydroxyl groups excluding tert-OH is 1. The number of aliphatic hydroxyl groups is 1. The van der Waals surface area contributed by atoms with Gasteiger partial charge in [-0.15, -0.1) is 0 Å². The molecular weight excluding hydrogens is 477 g/mol. The number of amides is 1. The fourth-order valence-electron chi connectivity index (χ4n) is 4.12. The summed E-state index contributed by atoms with van der Waals surface area (Å²) in [4.78, 5) is 42.6. The Labute approximate surface area is 200 Å². The van der Waals surface area contributed by atoms with Crippen LogP contribution in [0.3, 0.4) is 0 Å². The van der Waals surface area contributed by atoms with Crippen LogP contribution in [0.2, 0.25) is 0 Å². The fourth-order valence-corrected chi connectivity index (χ4v) is 5.14. The number of anilines is 1. The molecule has 5 rings (SSSR count). The van der Waals surface area contributed by atoms with Gasteiger partial charge in [-0.05, 0) is 43.7 Å². The fraction of sp³-hybridized carbons (Fsp3) is 0.125. The average Bonchev–Trinajstić information content (AvgIpc) is 3.46. The molecule has 11 heteroatoms. The third-order valence-electron chi connectivity index (χ3n) is 5.70. The minimum atomic E-state index is -1.11. The molecule has 0 spiro atoms. The third kappa shape index (κ3) is 3.66. The number of ketones is 1. The quantitative estimate of drug-likeness (QED) is 0.136. The number of non-ortho nitro benzene ring substituents is 1. The van der Waals surface area contributed by atoms with E-state index in [9.17, 15) is 29.2 Å². The lowest BCUT2D eigenvalue weighted by atomic mass is 9.95. The minimum absolute atomic E-state index is 0.107. The number of carbonyl (C=O) groups excluding carboxylic acids is 2. The van der Waals surface area contributed by atoms with E-state index in [2.05, 4.69) is 4.98 Å². The molecule has 1 N–H and O–H groups in total. The summed E-state index contributed by atoms with van der Waals surface area (Å²) < 4.78 is 19.6. The van der Waals surface area contributed by atoms with E-state index >= 15 is 0 Å². The zero-order chi connectivity index (χ0) is 25.0. The summed E-state index contributed by atoms with van der Waals surface area (Å²) in [6, 6.07) is 9.72. The second-order valence-electron chi connectivity index (χ2n) is 7.95. The molecule has 3 heterocycles. The molecule has 1 atom stereocenters. The largest absolute Gasteiger partial charge is 0.507 e. The van der Waals surface area contributed by atoms with Crippen molar-refractivity contribution >= 4 is 49.8 Å². The first-order valence-corrected chi connectivity index (χ1v) is 11.2. The summed E-state index contributed by atoms with van der Waals surface area (Å²) in [5.41, 5.74) is 0.686. The molecule has 2 aromatic carbocycles. The number of aryl methyl sites for hydroxylation is 2. The number of nitro groups is 1. The predicted molar refractivity (Wildman–Crippen MR) is 126 cm³/mol. The summed E-state index contributed by atoms with van der Waals surface area (Å²) in [5.74, 6) is -1.96. The lowest BCUT2D eigenvalue weighted by Gasteiger charge is -2.22. The number of thiazole rings is 1. The number of nitrogens with zero attached hydrogens (tertiary/aromatic N) is 3. The molecule has 0 saturated carbocycles. The van der Waals surface area contributed by atoms with E-state index in [1.807, 2.05) is 0 Å². The number of hydrogen-bond acceptors (Lipinski definition) is 8. The van der Waals surface area contributed by atoms with Crippen LogP contribution in [0.1, 0.15) is 28.7 Å². The maximum Gasteiger partial charge on any atom is 0.301 e. The molecular formula is C24H16FN3O6S. The van der Waals surface area contributed by atoms with Gasteiger partial charge >= 0.3 is 5.91 Å². The van der Waals surface area contributed by atoms with Gasteiger partial charge in [0.1, 0.15) is 23.1 Å². The van der Waals surface area contributed by atoms with Gasteiger partial charge in [0.2, 0.25) is 0 Å². The number of aromatic nitrogens is 1. The SMILES string of the molecule is Cc1cc(C(O)=C2C(=O)C(=O)N(c3nc4ccc([N+](=O)[O-])cc4s3)C2c2ccc(F)cc2)c(C)o1. The standard InChI is InChI=1S/C24H16FN3O6S/c1-11-9-16(12(2)34-11)21(29)19-20(13-3-5-14(25)6-4-13)27(23(31)22(19)30)24-26-17-8-7-15(28(32)33)10-18(17)35-24/h3-10,20,29H,1-2H3. The maximum atomic E-state index is 13.7. The Morgan fingerprint density at radius 1 is 1.17 bits per heavy atom. The van der Waals surface area contributed by atoms with Gasteiger partial charge in [-0.25, -0.2) is 9.37 Å². The number of nitro benzene ring substituents is 1. The highest BCUT2D eigenvalue weighted by Crippen LogP contribution is 2.45. The Balaban J connectivity index is 1.73. The highest BCUT2D eigenvalue weighted by atomic mass is 32.1. The van der Waals surface area contributed by atoms with Crippen LogP contribution in [0.4, 0.5) is 15.2 Å². The van der Waals surface area contributed by atoms with E-state index in [4.69, 9.17) is 4.42 Å². The number of rotatable bonds is 4. The molecule has 0 radical (unpaired) electrons. The van der Waals surface area contributed by atoms with Gasteiger partial charge in [0, 0.05) is 12.1 Å². The van der Waals surface area contributed by atoms with Crippen molar-refractivity contribution in [1.82, 2.24) is 4.98 Å². The second kappa shape index (κ2) is 8.13. The molecule has 1 aliphatic rings. The van der Waals surface area contributed by atoms with Crippen LogP contribution in [0.15, 0.2) is 58.5 Å². The summed E-state index contributed by atoms with van der Waals surface area (Å²) in [6.07, 6.45) is 0. The molecule has 35 heavy (non-hydrogen) atoms. The van der Waals surface area contributed by atoms with Crippen LogP contribution in [0.5, 0.6) is 0 Å². The monoisotopic (exact) mass is 493 g/mol. The van der Waals surface area contributed by atoms with Gasteiger partial charge in [0.15, 0.2) is 5.13 Å². The molecule has 0 bridgehead atoms. The first kappa shape index (κ1) is 22.4. The number of Topliss-reactive ketones (excluding diaryl/α,β-unsaturated/α-hetero) is 1. The topological polar surface area (TPSA) is 127 Å². The summed E-state index contributed by atoms with van der Waals surface area (Å²) in [5, 5.41) is 22.4. The van der Waals surface area contributed by atoms with Crippen LogP contribution in [0.25, 0.3) is 16.0 Å². The molecule has 1 aliphatic heterocycles. The van der Waals surface area contributed by atoms with Crippen molar-refractivity contribution in [2.75, 3.05) is 4.90 Å². The van der Waals surface area contributed by atoms with Crippen molar-refractivity contribution in [3.63, 3.8) is 0 Å². The highest BCUT2D eigenvalue weighted by molar-refractivity contribution is 7.22. The molecule has 1 fully saturated rings. The van der Waals surface area contributed by atoms with Crippen molar-refractivity contribution in [2.45, 2.75) is 19.9 Å². The zero-order valence-electron chi connectivity index (χ0n) is 18.3. The number of furan rings is 1. The first-order chi connectivity index (χ1) is 16.7. The Morgan fingerprint density at radius 2 is 1.89 bits per heavy atom. The van der Waals surface area contributed by atoms with Gasteiger partial charge in [-0.3, -0.25) is 24.6 Å². The van der Waals surface area contributed by atoms with Crippen LogP contribution < -0.4 is 4.90 Å². The van der Waals surface area contributed by atoms with Crippen molar-refractivity contribution in [3.05, 3.63) is 92.7 Å². The number of hydrogen-bond donors (Lipinski definition) is 1. The third-order valence-corrected chi connectivity index (χ3v) is 6.72. The average molecular weight is 493 g/mol. The van der Waals surface area contributed by atoms with E-state index in [-0.39, 0.29) is 22.0 Å². The van der Waals surface area contributed by atoms with Gasteiger partial charge in [-0.2, -0.15) is 0 Å². The molecule has 176 valence electrons. The highest BCUT2D eigenvalue weighted by Gasteiger charge is 2.48. The Morgan fingerprint density at radius 3 is 2.51 bits per heavy atom. The van der Waals surface area contributed by atoms with Gasteiger partial charge in [-0.1, -0.05) is 23.5 Å². The van der Waals surface area contributed by atoms with Crippen LogP contribution in [0, 0.1) is 29.8 Å². The molecule has 1 amide bonds. The Bertz CT molecular complexity index is 1570. The molecule has 1 unspecified atom stereocenters. The molecule has 0 aliphatic carbocycles. The molecule has 1 saturated heterocycles. The van der Waals surface area contributed by atoms with Crippen LogP contribution in [-0.2, 0) is 9.59 Å². The Hall–Kier alpha value is -4.38. The maximum absolute atomic E-state index is 13.7. The number of carbonyl (C=O) groups is 2. The van der Waals surface area contributed by atoms with E-state index in [0.29, 0.717) is 27.3 Å². The molecule has 4 aromatic rings. The summed E-state index contributed by atoms with van der Waals surface area (Å²) in [7, 11) is 0. The van der Waals surface area contributed by atoms with E-state index < -0.39 is 34.2 Å². The van der Waals surface area contributed by atoms with E-state index in [1.165, 1.54) is 42.5 Å². The van der Waals surface area contributed by atoms with Gasteiger partial charge in [0.25, 0.3) is 11.5 Å². The van der Waals surface area contributed by atoms with Crippen molar-refractivity contribution in [3.8, 4) is 0 Å². The van der Waals surface area contributed by atoms with Crippen molar-refractivity contribution in [1.29, 1.82) is 0 Å². The van der Waals surface area contributed by atoms with Gasteiger partial charge < -0.3 is 9.52 Å². The molecule has 2 aromatic heterocycles. The Kier molecular flexibility index (Phi) is 5.21. The minimum Gasteiger partial charge on any atom is -0.507 e. The van der Waals surface area contributed by atoms with Crippen LogP contribution in [-0.4, -0.2) is 26.7 Å². The normalized spacial score (nSPS) is 17.5. The van der Waals surface area contributed by atoms with Crippen molar-refractivity contribution < 1.29 is 28.4 Å². The summed E-state index contributed by atoms with van der Waals surface area (Å²) >= 11 is 0.991. The first-order valence-electron chi connectivity index (χ1n) is 10.3. The van der Waals surface area contributed by atoms with E-state index in [1.54, 1.807) is 19.9 Å². The predicted octanol–water partition coefficient (Wildman–Crippen LogP) is 5.18. The smallest absolute Gasteiger partial charge is 0.301 e. The van der Waals surface area contributed by atoms with E-state index in [0.717, 1.165) is 16.2 Å². The summed E-state index contributed by atoms with van der Waals surface area (Å²) in [6.45, 7) is 3.30.